The Morgan fingerprint density at radius 2 is 2.16 bits per heavy atom. The Kier molecular flexibility index (Phi) is 7.10. The first-order chi connectivity index (χ1) is 9.04. The SMILES string of the molecule is CCCCCCC(C)NCc1cc(C(=O)O)sc1C. The van der Waals surface area contributed by atoms with Crippen LogP contribution >= 0.6 is 11.3 Å². The van der Waals surface area contributed by atoms with Crippen LogP contribution in [0.1, 0.15) is 66.1 Å². The third kappa shape index (κ3) is 5.74. The van der Waals surface area contributed by atoms with E-state index in [4.69, 9.17) is 5.11 Å². The molecule has 4 heteroatoms. The van der Waals surface area contributed by atoms with Crippen molar-refractivity contribution in [1.82, 2.24) is 5.32 Å². The second-order valence-electron chi connectivity index (χ2n) is 5.13. The molecule has 3 nitrogen and oxygen atoms in total. The van der Waals surface area contributed by atoms with Crippen molar-refractivity contribution >= 4 is 17.3 Å². The van der Waals surface area contributed by atoms with Crippen LogP contribution in [0.3, 0.4) is 0 Å². The third-order valence-electron chi connectivity index (χ3n) is 3.36. The number of carboxylic acid groups (broad SMARTS) is 1. The van der Waals surface area contributed by atoms with Crippen molar-refractivity contribution in [2.45, 2.75) is 65.5 Å². The van der Waals surface area contributed by atoms with Crippen LogP contribution in [0.2, 0.25) is 0 Å². The average Bonchev–Trinajstić information content (AvgIpc) is 2.74. The highest BCUT2D eigenvalue weighted by atomic mass is 32.1. The van der Waals surface area contributed by atoms with Crippen molar-refractivity contribution in [3.63, 3.8) is 0 Å². The largest absolute Gasteiger partial charge is 0.477 e. The summed E-state index contributed by atoms with van der Waals surface area (Å²) in [6, 6.07) is 2.28. The number of carboxylic acids is 1. The van der Waals surface area contributed by atoms with Gasteiger partial charge in [-0.05, 0) is 31.9 Å². The van der Waals surface area contributed by atoms with Gasteiger partial charge in [0.25, 0.3) is 0 Å². The molecule has 1 heterocycles. The highest BCUT2D eigenvalue weighted by Gasteiger charge is 2.11. The second-order valence-corrected chi connectivity index (χ2v) is 6.38. The minimum atomic E-state index is -0.827. The maximum absolute atomic E-state index is 10.9. The summed E-state index contributed by atoms with van der Waals surface area (Å²) >= 11 is 1.36. The number of hydrogen-bond donors (Lipinski definition) is 2. The van der Waals surface area contributed by atoms with E-state index >= 15 is 0 Å². The zero-order valence-corrected chi connectivity index (χ0v) is 13.0. The van der Waals surface area contributed by atoms with Gasteiger partial charge < -0.3 is 10.4 Å². The predicted octanol–water partition coefficient (Wildman–Crippen LogP) is 4.20. The van der Waals surface area contributed by atoms with Crippen molar-refractivity contribution in [2.75, 3.05) is 0 Å². The summed E-state index contributed by atoms with van der Waals surface area (Å²) in [6.45, 7) is 7.18. The molecule has 1 atom stereocenters. The first kappa shape index (κ1) is 16.2. The number of thiophene rings is 1. The summed E-state index contributed by atoms with van der Waals surface area (Å²) in [4.78, 5) is 12.4. The van der Waals surface area contributed by atoms with Crippen LogP contribution in [0.15, 0.2) is 6.07 Å². The Labute approximate surface area is 120 Å². The average molecular weight is 283 g/mol. The monoisotopic (exact) mass is 283 g/mol. The molecule has 1 unspecified atom stereocenters. The normalized spacial score (nSPS) is 12.6. The molecule has 108 valence electrons. The molecular weight excluding hydrogens is 258 g/mol. The molecule has 2 N–H and O–H groups in total. The van der Waals surface area contributed by atoms with Gasteiger partial charge in [0.1, 0.15) is 4.88 Å². The van der Waals surface area contributed by atoms with E-state index in [2.05, 4.69) is 19.2 Å². The molecule has 0 saturated heterocycles. The molecule has 0 aliphatic carbocycles. The van der Waals surface area contributed by atoms with E-state index in [0.29, 0.717) is 10.9 Å². The van der Waals surface area contributed by atoms with Gasteiger partial charge in [0.2, 0.25) is 0 Å². The number of aryl methyl sites for hydroxylation is 1. The summed E-state index contributed by atoms with van der Waals surface area (Å²) in [6.07, 6.45) is 6.36. The molecular formula is C15H25NO2S. The Hall–Kier alpha value is -0.870. The highest BCUT2D eigenvalue weighted by molar-refractivity contribution is 7.14. The molecule has 0 saturated carbocycles. The van der Waals surface area contributed by atoms with Gasteiger partial charge in [-0.25, -0.2) is 4.79 Å². The molecule has 1 rings (SSSR count). The molecule has 0 bridgehead atoms. The Morgan fingerprint density at radius 1 is 1.42 bits per heavy atom. The molecule has 0 amide bonds. The summed E-state index contributed by atoms with van der Waals surface area (Å²) in [7, 11) is 0. The van der Waals surface area contributed by atoms with Crippen LogP contribution in [0.4, 0.5) is 0 Å². The summed E-state index contributed by atoms with van der Waals surface area (Å²) < 4.78 is 0. The number of nitrogens with one attached hydrogen (secondary N) is 1. The van der Waals surface area contributed by atoms with E-state index < -0.39 is 5.97 Å². The molecule has 1 aromatic rings. The van der Waals surface area contributed by atoms with Gasteiger partial charge >= 0.3 is 5.97 Å². The molecule has 0 radical (unpaired) electrons. The molecule has 0 fully saturated rings. The van der Waals surface area contributed by atoms with Crippen molar-refractivity contribution in [2.24, 2.45) is 0 Å². The van der Waals surface area contributed by atoms with Gasteiger partial charge in [0, 0.05) is 17.5 Å². The highest BCUT2D eigenvalue weighted by Crippen LogP contribution is 2.21. The Morgan fingerprint density at radius 3 is 2.74 bits per heavy atom. The van der Waals surface area contributed by atoms with Crippen LogP contribution in [0, 0.1) is 6.92 Å². The van der Waals surface area contributed by atoms with E-state index in [1.807, 2.05) is 6.92 Å². The van der Waals surface area contributed by atoms with Crippen molar-refractivity contribution < 1.29 is 9.90 Å². The van der Waals surface area contributed by atoms with Crippen LogP contribution < -0.4 is 5.32 Å². The van der Waals surface area contributed by atoms with Gasteiger partial charge in [-0.1, -0.05) is 32.6 Å². The fourth-order valence-electron chi connectivity index (χ4n) is 2.06. The third-order valence-corrected chi connectivity index (χ3v) is 4.44. The van der Waals surface area contributed by atoms with E-state index in [1.165, 1.54) is 43.4 Å². The standard InChI is InChI=1S/C15H25NO2S/c1-4-5-6-7-8-11(2)16-10-13-9-14(15(17)18)19-12(13)3/h9,11,16H,4-8,10H2,1-3H3,(H,17,18). The first-order valence-electron chi connectivity index (χ1n) is 7.10. The quantitative estimate of drug-likeness (QED) is 0.668. The van der Waals surface area contributed by atoms with Gasteiger partial charge in [-0.2, -0.15) is 0 Å². The molecule has 1 aromatic heterocycles. The van der Waals surface area contributed by atoms with Crippen molar-refractivity contribution in [3.8, 4) is 0 Å². The topological polar surface area (TPSA) is 49.3 Å². The molecule has 19 heavy (non-hydrogen) atoms. The van der Waals surface area contributed by atoms with Crippen molar-refractivity contribution in [3.05, 3.63) is 21.4 Å². The molecule has 0 aliphatic rings. The van der Waals surface area contributed by atoms with E-state index in [1.54, 1.807) is 6.07 Å². The summed E-state index contributed by atoms with van der Waals surface area (Å²) in [5.41, 5.74) is 1.11. The van der Waals surface area contributed by atoms with Gasteiger partial charge in [-0.3, -0.25) is 0 Å². The fourth-order valence-corrected chi connectivity index (χ4v) is 2.94. The lowest BCUT2D eigenvalue weighted by atomic mass is 10.1. The summed E-state index contributed by atoms with van der Waals surface area (Å²) in [5.74, 6) is -0.827. The zero-order valence-electron chi connectivity index (χ0n) is 12.2. The lowest BCUT2D eigenvalue weighted by molar-refractivity contribution is 0.0702. The van der Waals surface area contributed by atoms with E-state index in [-0.39, 0.29) is 0 Å². The molecule has 0 aliphatic heterocycles. The second kappa shape index (κ2) is 8.33. The van der Waals surface area contributed by atoms with E-state index in [0.717, 1.165) is 17.0 Å². The minimum Gasteiger partial charge on any atom is -0.477 e. The number of hydrogen-bond acceptors (Lipinski definition) is 3. The van der Waals surface area contributed by atoms with Crippen molar-refractivity contribution in [1.29, 1.82) is 0 Å². The smallest absolute Gasteiger partial charge is 0.345 e. The lowest BCUT2D eigenvalue weighted by Gasteiger charge is -2.13. The number of aromatic carboxylic acids is 1. The van der Waals surface area contributed by atoms with E-state index in [9.17, 15) is 4.79 Å². The van der Waals surface area contributed by atoms with Gasteiger partial charge in [0.05, 0.1) is 0 Å². The Bertz CT molecular complexity index is 401. The molecule has 0 spiro atoms. The minimum absolute atomic E-state index is 0.435. The Balaban J connectivity index is 2.33. The number of unbranched alkanes of at least 4 members (excludes halogenated alkanes) is 3. The lowest BCUT2D eigenvalue weighted by Crippen LogP contribution is -2.25. The first-order valence-corrected chi connectivity index (χ1v) is 7.92. The van der Waals surface area contributed by atoms with Crippen LogP contribution in [-0.2, 0) is 6.54 Å². The maximum atomic E-state index is 10.9. The number of carbonyl (C=O) groups is 1. The number of rotatable bonds is 9. The molecule has 0 aromatic carbocycles. The van der Waals surface area contributed by atoms with Crippen LogP contribution in [-0.4, -0.2) is 17.1 Å². The van der Waals surface area contributed by atoms with Crippen LogP contribution in [0.25, 0.3) is 0 Å². The van der Waals surface area contributed by atoms with Gasteiger partial charge in [-0.15, -0.1) is 11.3 Å². The summed E-state index contributed by atoms with van der Waals surface area (Å²) in [5, 5.41) is 12.4. The van der Waals surface area contributed by atoms with Gasteiger partial charge in [0.15, 0.2) is 0 Å². The zero-order chi connectivity index (χ0) is 14.3. The maximum Gasteiger partial charge on any atom is 0.345 e. The van der Waals surface area contributed by atoms with Crippen LogP contribution in [0.5, 0.6) is 0 Å². The fraction of sp³-hybridized carbons (Fsp3) is 0.667. The predicted molar refractivity (Wildman–Crippen MR) is 81.1 cm³/mol.